The Morgan fingerprint density at radius 1 is 0.900 bits per heavy atom. The molecule has 0 aliphatic carbocycles. The summed E-state index contributed by atoms with van der Waals surface area (Å²) in [6.07, 6.45) is 1.72. The Morgan fingerprint density at radius 2 is 1.38 bits per heavy atom. The second kappa shape index (κ2) is 10.8. The molecule has 1 amide bonds. The maximum Gasteiger partial charge on any atom is 0.492 e. The van der Waals surface area contributed by atoms with Gasteiger partial charge < -0.3 is 18.5 Å². The first-order valence-electron chi connectivity index (χ1n) is 14.3. The molecule has 216 valence electrons. The third-order valence-corrected chi connectivity index (χ3v) is 13.2. The zero-order valence-electron chi connectivity index (χ0n) is 25.9. The highest BCUT2D eigenvalue weighted by Crippen LogP contribution is 2.41. The predicted octanol–water partition coefficient (Wildman–Crippen LogP) is 5.74. The highest BCUT2D eigenvalue weighted by Gasteiger charge is 2.55. The molecule has 1 atom stereocenters. The van der Waals surface area contributed by atoms with Gasteiger partial charge in [-0.15, -0.1) is 0 Å². The van der Waals surface area contributed by atoms with E-state index in [9.17, 15) is 4.79 Å². The first-order valence-corrected chi connectivity index (χ1v) is 16.2. The molecule has 2 heterocycles. The Bertz CT molecular complexity index is 1160. The van der Waals surface area contributed by atoms with Crippen LogP contribution in [0.25, 0.3) is 0 Å². The van der Waals surface area contributed by atoms with E-state index < -0.39 is 32.2 Å². The van der Waals surface area contributed by atoms with E-state index in [1.54, 1.807) is 4.90 Å². The van der Waals surface area contributed by atoms with Crippen molar-refractivity contribution >= 4 is 31.9 Å². The Kier molecular flexibility index (Phi) is 8.24. The fourth-order valence-electron chi connectivity index (χ4n) is 5.48. The molecule has 2 aliphatic heterocycles. The lowest BCUT2D eigenvalue weighted by Crippen LogP contribution is -2.67. The summed E-state index contributed by atoms with van der Waals surface area (Å²) in [6.45, 7) is 21.3. The molecule has 1 fully saturated rings. The minimum absolute atomic E-state index is 0.177. The topological polar surface area (TPSA) is 57.2 Å². The van der Waals surface area contributed by atoms with Crippen molar-refractivity contribution in [2.75, 3.05) is 13.2 Å². The summed E-state index contributed by atoms with van der Waals surface area (Å²) in [5.41, 5.74) is -0.647. The lowest BCUT2D eigenvalue weighted by Gasteiger charge is -2.44. The summed E-state index contributed by atoms with van der Waals surface area (Å²) in [4.78, 5) is 15.2. The molecule has 0 saturated carbocycles. The standard InChI is InChI=1S/C32H46BNO5Si/c1-29(2,3)37-28(35)34-22-24(33-38-31(7,8)32(9,10)39-33)21-25(34)23-36-40(30(4,5)6,26-17-13-11-14-18-26)27-19-15-12-16-20-27/h11-21,25H,22-23H2,1-10H3/t25-/m0/s1. The molecule has 0 unspecified atom stereocenters. The van der Waals surface area contributed by atoms with E-state index in [0.717, 1.165) is 5.47 Å². The van der Waals surface area contributed by atoms with Crippen LogP contribution in [-0.4, -0.2) is 62.4 Å². The van der Waals surface area contributed by atoms with E-state index >= 15 is 0 Å². The van der Waals surface area contributed by atoms with Crippen molar-refractivity contribution < 1.29 is 23.3 Å². The number of rotatable bonds is 6. The summed E-state index contributed by atoms with van der Waals surface area (Å²) < 4.78 is 25.8. The summed E-state index contributed by atoms with van der Waals surface area (Å²) in [5, 5.41) is 2.22. The predicted molar refractivity (Wildman–Crippen MR) is 164 cm³/mol. The molecule has 2 aliphatic rings. The molecule has 0 spiro atoms. The Morgan fingerprint density at radius 3 is 1.80 bits per heavy atom. The van der Waals surface area contributed by atoms with Crippen LogP contribution in [0, 0.1) is 0 Å². The molecule has 0 bridgehead atoms. The van der Waals surface area contributed by atoms with Crippen LogP contribution >= 0.6 is 0 Å². The van der Waals surface area contributed by atoms with Crippen LogP contribution in [0.4, 0.5) is 4.79 Å². The van der Waals surface area contributed by atoms with Gasteiger partial charge in [-0.25, -0.2) is 4.79 Å². The normalized spacial score (nSPS) is 20.9. The van der Waals surface area contributed by atoms with Crippen LogP contribution in [0.1, 0.15) is 69.2 Å². The largest absolute Gasteiger partial charge is 0.492 e. The minimum Gasteiger partial charge on any atom is -0.444 e. The van der Waals surface area contributed by atoms with E-state index in [1.807, 2.05) is 60.6 Å². The third kappa shape index (κ3) is 5.96. The van der Waals surface area contributed by atoms with Crippen LogP contribution in [0.3, 0.4) is 0 Å². The smallest absolute Gasteiger partial charge is 0.444 e. The lowest BCUT2D eigenvalue weighted by atomic mass is 9.78. The lowest BCUT2D eigenvalue weighted by molar-refractivity contribution is 0.00578. The van der Waals surface area contributed by atoms with Crippen LogP contribution in [0.15, 0.2) is 72.2 Å². The molecule has 2 aromatic carbocycles. The number of carbonyl (C=O) groups is 1. The van der Waals surface area contributed by atoms with Gasteiger partial charge in [-0.3, -0.25) is 4.90 Å². The van der Waals surface area contributed by atoms with E-state index in [-0.39, 0.29) is 17.2 Å². The molecule has 0 radical (unpaired) electrons. The van der Waals surface area contributed by atoms with Crippen molar-refractivity contribution in [1.29, 1.82) is 0 Å². The van der Waals surface area contributed by atoms with Gasteiger partial charge in [-0.1, -0.05) is 87.5 Å². The van der Waals surface area contributed by atoms with Crippen LogP contribution in [-0.2, 0) is 18.5 Å². The van der Waals surface area contributed by atoms with Crippen LogP contribution < -0.4 is 10.4 Å². The van der Waals surface area contributed by atoms with E-state index in [2.05, 4.69) is 75.4 Å². The number of benzene rings is 2. The number of hydrogen-bond donors (Lipinski definition) is 0. The molecule has 6 nitrogen and oxygen atoms in total. The van der Waals surface area contributed by atoms with Crippen LogP contribution in [0.2, 0.25) is 5.04 Å². The Labute approximate surface area is 242 Å². The highest BCUT2D eigenvalue weighted by atomic mass is 28.4. The van der Waals surface area contributed by atoms with E-state index in [0.29, 0.717) is 13.2 Å². The van der Waals surface area contributed by atoms with E-state index in [1.165, 1.54) is 10.4 Å². The van der Waals surface area contributed by atoms with Gasteiger partial charge in [0.05, 0.1) is 23.9 Å². The van der Waals surface area contributed by atoms with Crippen LogP contribution in [0.5, 0.6) is 0 Å². The monoisotopic (exact) mass is 563 g/mol. The minimum atomic E-state index is -2.80. The molecular formula is C32H46BNO5Si. The molecule has 0 aromatic heterocycles. The molecule has 40 heavy (non-hydrogen) atoms. The number of hydrogen-bond acceptors (Lipinski definition) is 5. The quantitative estimate of drug-likeness (QED) is 0.420. The number of amides is 1. The molecule has 0 N–H and O–H groups in total. The molecule has 2 aromatic rings. The SMILES string of the molecule is CC(C)(C)OC(=O)N1CC(B2OC(C)(C)C(C)(C)O2)=C[C@H]1CO[Si](c1ccccc1)(c1ccccc1)C(C)(C)C. The summed E-state index contributed by atoms with van der Waals surface area (Å²) >= 11 is 0. The van der Waals surface area contributed by atoms with Crippen molar-refractivity contribution in [3.63, 3.8) is 0 Å². The summed E-state index contributed by atoms with van der Waals surface area (Å²) in [7, 11) is -3.33. The van der Waals surface area contributed by atoms with Crippen molar-refractivity contribution in [2.45, 2.75) is 97.1 Å². The third-order valence-electron chi connectivity index (χ3n) is 8.23. The first kappa shape index (κ1) is 30.6. The Balaban J connectivity index is 1.72. The zero-order chi connectivity index (χ0) is 29.6. The van der Waals surface area contributed by atoms with Crippen molar-refractivity contribution in [2.24, 2.45) is 0 Å². The van der Waals surface area contributed by atoms with Crippen molar-refractivity contribution in [3.05, 3.63) is 72.2 Å². The molecule has 4 rings (SSSR count). The number of ether oxygens (including phenoxy) is 1. The van der Waals surface area contributed by atoms with Gasteiger partial charge in [0.1, 0.15) is 5.60 Å². The number of nitrogens with zero attached hydrogens (tertiary/aromatic N) is 1. The zero-order valence-corrected chi connectivity index (χ0v) is 26.9. The van der Waals surface area contributed by atoms with E-state index in [4.69, 9.17) is 18.5 Å². The summed E-state index contributed by atoms with van der Waals surface area (Å²) in [6, 6.07) is 20.8. The number of carbonyl (C=O) groups excluding carboxylic acids is 1. The second-order valence-electron chi connectivity index (χ2n) is 14.0. The average Bonchev–Trinajstić information content (AvgIpc) is 3.36. The second-order valence-corrected chi connectivity index (χ2v) is 18.3. The van der Waals surface area contributed by atoms with Gasteiger partial charge in [-0.05, 0) is 69.4 Å². The molecule has 8 heteroatoms. The van der Waals surface area contributed by atoms with Gasteiger partial charge in [0.25, 0.3) is 8.32 Å². The van der Waals surface area contributed by atoms with Crippen molar-refractivity contribution in [1.82, 2.24) is 4.90 Å². The highest BCUT2D eigenvalue weighted by molar-refractivity contribution is 6.99. The fraction of sp³-hybridized carbons (Fsp3) is 0.531. The van der Waals surface area contributed by atoms with Gasteiger partial charge in [0.2, 0.25) is 0 Å². The maximum absolute atomic E-state index is 13.5. The summed E-state index contributed by atoms with van der Waals surface area (Å²) in [5.74, 6) is 0. The Hall–Kier alpha value is -2.39. The van der Waals surface area contributed by atoms with Gasteiger partial charge in [-0.2, -0.15) is 0 Å². The first-order chi connectivity index (χ1) is 18.5. The van der Waals surface area contributed by atoms with Gasteiger partial charge in [0.15, 0.2) is 0 Å². The molecule has 1 saturated heterocycles. The van der Waals surface area contributed by atoms with Gasteiger partial charge >= 0.3 is 13.2 Å². The fourth-order valence-corrected chi connectivity index (χ4v) is 10.1. The van der Waals surface area contributed by atoms with Crippen molar-refractivity contribution in [3.8, 4) is 0 Å². The average molecular weight is 564 g/mol. The van der Waals surface area contributed by atoms with Gasteiger partial charge in [0, 0.05) is 6.54 Å². The maximum atomic E-state index is 13.5. The molecular weight excluding hydrogens is 517 g/mol.